The van der Waals surface area contributed by atoms with Crippen LogP contribution >= 0.6 is 0 Å². The van der Waals surface area contributed by atoms with Gasteiger partial charge in [-0.2, -0.15) is 0 Å². The zero-order chi connectivity index (χ0) is 14.8. The maximum Gasteiger partial charge on any atom is 0.227 e. The third-order valence-electron chi connectivity index (χ3n) is 4.01. The Morgan fingerprint density at radius 2 is 1.90 bits per heavy atom. The summed E-state index contributed by atoms with van der Waals surface area (Å²) in [5.74, 6) is 0.287. The molecule has 1 aliphatic heterocycles. The van der Waals surface area contributed by atoms with Crippen LogP contribution in [0, 0.1) is 5.92 Å². The molecule has 2 rings (SSSR count). The predicted molar refractivity (Wildman–Crippen MR) is 84.0 cm³/mol. The molecule has 0 radical (unpaired) electrons. The van der Waals surface area contributed by atoms with E-state index in [2.05, 4.69) is 50.5 Å². The highest BCUT2D eigenvalue weighted by atomic mass is 16.1. The third-order valence-corrected chi connectivity index (χ3v) is 4.01. The lowest BCUT2D eigenvalue weighted by molar-refractivity contribution is -0.120. The number of rotatable bonds is 2. The van der Waals surface area contributed by atoms with E-state index in [1.807, 2.05) is 12.1 Å². The summed E-state index contributed by atoms with van der Waals surface area (Å²) in [6, 6.07) is 8.63. The van der Waals surface area contributed by atoms with Crippen LogP contribution in [0.1, 0.15) is 46.1 Å². The molecule has 1 amide bonds. The van der Waals surface area contributed by atoms with Crippen LogP contribution in [0.2, 0.25) is 0 Å². The van der Waals surface area contributed by atoms with Crippen molar-refractivity contribution < 1.29 is 4.79 Å². The zero-order valence-corrected chi connectivity index (χ0v) is 13.0. The van der Waals surface area contributed by atoms with E-state index in [0.29, 0.717) is 6.04 Å². The van der Waals surface area contributed by atoms with E-state index in [9.17, 15) is 4.79 Å². The van der Waals surface area contributed by atoms with Crippen molar-refractivity contribution in [2.45, 2.75) is 52.0 Å². The summed E-state index contributed by atoms with van der Waals surface area (Å²) in [5, 5.41) is 6.42. The van der Waals surface area contributed by atoms with Crippen molar-refractivity contribution in [3.05, 3.63) is 29.8 Å². The molecule has 3 heteroatoms. The van der Waals surface area contributed by atoms with Crippen LogP contribution in [0.15, 0.2) is 24.3 Å². The Balaban J connectivity index is 1.97. The molecule has 1 aromatic carbocycles. The number of carbonyl (C=O) groups excluding carboxylic acids is 1. The second-order valence-electron chi connectivity index (χ2n) is 6.89. The average molecular weight is 274 g/mol. The van der Waals surface area contributed by atoms with Gasteiger partial charge < -0.3 is 10.6 Å². The molecule has 110 valence electrons. The normalized spacial score (nSPS) is 23.4. The molecule has 0 aliphatic carbocycles. The SMILES string of the molecule is C[C@H]1C[C@@H](C(=O)Nc2ccc(C(C)(C)C)cc2)CCN1. The lowest BCUT2D eigenvalue weighted by atomic mass is 9.87. The van der Waals surface area contributed by atoms with Gasteiger partial charge in [0.1, 0.15) is 0 Å². The van der Waals surface area contributed by atoms with E-state index in [0.717, 1.165) is 25.1 Å². The van der Waals surface area contributed by atoms with Crippen molar-refractivity contribution in [3.8, 4) is 0 Å². The van der Waals surface area contributed by atoms with Crippen molar-refractivity contribution in [2.24, 2.45) is 5.92 Å². The van der Waals surface area contributed by atoms with E-state index in [-0.39, 0.29) is 17.2 Å². The number of carbonyl (C=O) groups is 1. The third kappa shape index (κ3) is 3.83. The van der Waals surface area contributed by atoms with Gasteiger partial charge in [-0.1, -0.05) is 32.9 Å². The van der Waals surface area contributed by atoms with E-state index in [1.165, 1.54) is 5.56 Å². The Kier molecular flexibility index (Phi) is 4.48. The van der Waals surface area contributed by atoms with Gasteiger partial charge in [0.15, 0.2) is 0 Å². The fraction of sp³-hybridized carbons (Fsp3) is 0.588. The second kappa shape index (κ2) is 5.96. The fourth-order valence-corrected chi connectivity index (χ4v) is 2.67. The summed E-state index contributed by atoms with van der Waals surface area (Å²) in [7, 11) is 0. The molecule has 1 fully saturated rings. The molecule has 0 unspecified atom stereocenters. The van der Waals surface area contributed by atoms with E-state index in [1.54, 1.807) is 0 Å². The van der Waals surface area contributed by atoms with E-state index >= 15 is 0 Å². The van der Waals surface area contributed by atoms with Crippen LogP contribution < -0.4 is 10.6 Å². The van der Waals surface area contributed by atoms with Gasteiger partial charge in [-0.15, -0.1) is 0 Å². The molecule has 1 heterocycles. The molecule has 2 atom stereocenters. The van der Waals surface area contributed by atoms with Gasteiger partial charge in [0.2, 0.25) is 5.91 Å². The molecular weight excluding hydrogens is 248 g/mol. The molecule has 0 spiro atoms. The standard InChI is InChI=1S/C17H26N2O/c1-12-11-13(9-10-18-12)16(20)19-15-7-5-14(6-8-15)17(2,3)4/h5-8,12-13,18H,9-11H2,1-4H3,(H,19,20)/t12-,13-/m0/s1. The lowest BCUT2D eigenvalue weighted by Crippen LogP contribution is -2.40. The number of amides is 1. The van der Waals surface area contributed by atoms with Crippen LogP contribution in [-0.2, 0) is 10.2 Å². The molecule has 1 aromatic rings. The summed E-state index contributed by atoms with van der Waals surface area (Å²) in [5.41, 5.74) is 2.33. The Morgan fingerprint density at radius 3 is 2.45 bits per heavy atom. The lowest BCUT2D eigenvalue weighted by Gasteiger charge is -2.27. The average Bonchev–Trinajstić information content (AvgIpc) is 2.38. The molecule has 0 aromatic heterocycles. The first-order chi connectivity index (χ1) is 9.36. The maximum atomic E-state index is 12.3. The molecule has 0 saturated carbocycles. The Morgan fingerprint density at radius 1 is 1.25 bits per heavy atom. The number of anilines is 1. The minimum absolute atomic E-state index is 0.133. The minimum atomic E-state index is 0.133. The number of hydrogen-bond acceptors (Lipinski definition) is 2. The van der Waals surface area contributed by atoms with Gasteiger partial charge in [0.25, 0.3) is 0 Å². The van der Waals surface area contributed by atoms with Crippen LogP contribution in [0.5, 0.6) is 0 Å². The Hall–Kier alpha value is -1.35. The van der Waals surface area contributed by atoms with Crippen molar-refractivity contribution in [2.75, 3.05) is 11.9 Å². The minimum Gasteiger partial charge on any atom is -0.326 e. The second-order valence-corrected chi connectivity index (χ2v) is 6.89. The first-order valence-electron chi connectivity index (χ1n) is 7.51. The highest BCUT2D eigenvalue weighted by Crippen LogP contribution is 2.24. The molecule has 3 nitrogen and oxygen atoms in total. The summed E-state index contributed by atoms with van der Waals surface area (Å²) in [6.07, 6.45) is 1.85. The van der Waals surface area contributed by atoms with Crippen LogP contribution in [0.25, 0.3) is 0 Å². The van der Waals surface area contributed by atoms with Crippen molar-refractivity contribution >= 4 is 11.6 Å². The molecule has 2 N–H and O–H groups in total. The van der Waals surface area contributed by atoms with Gasteiger partial charge in [-0.05, 0) is 49.4 Å². The van der Waals surface area contributed by atoms with Crippen molar-refractivity contribution in [1.29, 1.82) is 0 Å². The van der Waals surface area contributed by atoms with Crippen LogP contribution in [0.3, 0.4) is 0 Å². The first kappa shape index (κ1) is 15.0. The smallest absolute Gasteiger partial charge is 0.227 e. The number of piperidine rings is 1. The van der Waals surface area contributed by atoms with Gasteiger partial charge in [-0.25, -0.2) is 0 Å². The van der Waals surface area contributed by atoms with Crippen molar-refractivity contribution in [1.82, 2.24) is 5.32 Å². The summed E-state index contributed by atoms with van der Waals surface area (Å²) >= 11 is 0. The largest absolute Gasteiger partial charge is 0.326 e. The Labute approximate surface area is 122 Å². The predicted octanol–water partition coefficient (Wildman–Crippen LogP) is 3.31. The van der Waals surface area contributed by atoms with Gasteiger partial charge in [-0.3, -0.25) is 4.79 Å². The highest BCUT2D eigenvalue weighted by molar-refractivity contribution is 5.92. The van der Waals surface area contributed by atoms with Gasteiger partial charge >= 0.3 is 0 Å². The first-order valence-corrected chi connectivity index (χ1v) is 7.51. The number of hydrogen-bond donors (Lipinski definition) is 2. The van der Waals surface area contributed by atoms with Gasteiger partial charge in [0, 0.05) is 17.6 Å². The molecule has 20 heavy (non-hydrogen) atoms. The fourth-order valence-electron chi connectivity index (χ4n) is 2.67. The summed E-state index contributed by atoms with van der Waals surface area (Å²) < 4.78 is 0. The summed E-state index contributed by atoms with van der Waals surface area (Å²) in [4.78, 5) is 12.3. The monoisotopic (exact) mass is 274 g/mol. The topological polar surface area (TPSA) is 41.1 Å². The van der Waals surface area contributed by atoms with Gasteiger partial charge in [0.05, 0.1) is 0 Å². The molecule has 1 saturated heterocycles. The zero-order valence-electron chi connectivity index (χ0n) is 13.0. The van der Waals surface area contributed by atoms with E-state index < -0.39 is 0 Å². The molecule has 1 aliphatic rings. The number of nitrogens with one attached hydrogen (secondary N) is 2. The van der Waals surface area contributed by atoms with Crippen LogP contribution in [-0.4, -0.2) is 18.5 Å². The van der Waals surface area contributed by atoms with Crippen LogP contribution in [0.4, 0.5) is 5.69 Å². The summed E-state index contributed by atoms with van der Waals surface area (Å²) in [6.45, 7) is 9.64. The maximum absolute atomic E-state index is 12.3. The number of benzene rings is 1. The van der Waals surface area contributed by atoms with Crippen molar-refractivity contribution in [3.63, 3.8) is 0 Å². The highest BCUT2D eigenvalue weighted by Gasteiger charge is 2.24. The van der Waals surface area contributed by atoms with E-state index in [4.69, 9.17) is 0 Å². The molecule has 0 bridgehead atoms. The molecular formula is C17H26N2O. The Bertz CT molecular complexity index is 459. The quantitative estimate of drug-likeness (QED) is 0.868.